The summed E-state index contributed by atoms with van der Waals surface area (Å²) in [6.45, 7) is 3.08. The fourth-order valence-corrected chi connectivity index (χ4v) is 6.48. The van der Waals surface area contributed by atoms with Crippen molar-refractivity contribution in [1.29, 1.82) is 0 Å². The normalized spacial score (nSPS) is 13.4. The minimum atomic E-state index is -5.08. The molecule has 2 aliphatic rings. The smallest absolute Gasteiger partial charge is 0.482 e. The zero-order valence-electron chi connectivity index (χ0n) is 34.9. The van der Waals surface area contributed by atoms with Crippen LogP contribution < -0.4 is 31.7 Å². The monoisotopic (exact) mass is 927 g/mol. The average Bonchev–Trinajstić information content (AvgIpc) is 4.01. The summed E-state index contributed by atoms with van der Waals surface area (Å²) in [7, 11) is 0. The van der Waals surface area contributed by atoms with Gasteiger partial charge in [-0.15, -0.1) is 11.3 Å². The Kier molecular flexibility index (Phi) is 18.7. The lowest BCUT2D eigenvalue weighted by Gasteiger charge is -2.24. The van der Waals surface area contributed by atoms with Gasteiger partial charge in [-0.3, -0.25) is 24.0 Å². The molecule has 7 N–H and O–H groups in total. The zero-order chi connectivity index (χ0) is 46.8. The number of nitrogens with two attached hydrogens (primary N) is 1. The van der Waals surface area contributed by atoms with Gasteiger partial charge in [-0.1, -0.05) is 12.1 Å². The van der Waals surface area contributed by atoms with Crippen LogP contribution >= 0.6 is 11.3 Å². The van der Waals surface area contributed by atoms with Crippen LogP contribution in [0.25, 0.3) is 0 Å². The first-order chi connectivity index (χ1) is 31.2. The van der Waals surface area contributed by atoms with Crippen molar-refractivity contribution in [3.8, 4) is 5.75 Å². The van der Waals surface area contributed by atoms with E-state index in [4.69, 9.17) is 34.6 Å². The molecule has 18 nitrogen and oxygen atoms in total. The summed E-state index contributed by atoms with van der Waals surface area (Å²) >= 11 is 1.46. The van der Waals surface area contributed by atoms with Gasteiger partial charge in [-0.05, 0) is 73.0 Å². The number of halogens is 3. The molecule has 0 saturated heterocycles. The molecule has 0 bridgehead atoms. The number of alkyl halides is 3. The first-order valence-electron chi connectivity index (χ1n) is 20.3. The number of fused-ring (bicyclic) bond motifs is 1. The van der Waals surface area contributed by atoms with Crippen LogP contribution in [0.15, 0.2) is 77.6 Å². The van der Waals surface area contributed by atoms with E-state index in [0.717, 1.165) is 24.1 Å². The highest BCUT2D eigenvalue weighted by atomic mass is 32.1. The second kappa shape index (κ2) is 24.6. The number of hydrogen-bond donors (Lipinski definition) is 6. The van der Waals surface area contributed by atoms with Crippen LogP contribution in [0.2, 0.25) is 0 Å². The maximum Gasteiger partial charge on any atom is 0.490 e. The summed E-state index contributed by atoms with van der Waals surface area (Å²) in [5.41, 5.74) is 11.7. The molecule has 1 aromatic heterocycles. The van der Waals surface area contributed by atoms with E-state index in [1.807, 2.05) is 22.4 Å². The quantitative estimate of drug-likeness (QED) is 0.0618. The van der Waals surface area contributed by atoms with Crippen molar-refractivity contribution in [3.63, 3.8) is 0 Å². The van der Waals surface area contributed by atoms with E-state index in [2.05, 4.69) is 26.3 Å². The number of aromatic nitrogens is 1. The summed E-state index contributed by atoms with van der Waals surface area (Å²) in [5, 5.41) is 20.1. The molecule has 348 valence electrons. The first-order valence-corrected chi connectivity index (χ1v) is 21.2. The van der Waals surface area contributed by atoms with Crippen LogP contribution in [0.4, 0.5) is 24.5 Å². The molecule has 1 aliphatic carbocycles. The Morgan fingerprint density at radius 2 is 1.45 bits per heavy atom. The Bertz CT molecular complexity index is 2230. The van der Waals surface area contributed by atoms with E-state index in [0.29, 0.717) is 99.5 Å². The molecular formula is C43H48F3N7O11S. The van der Waals surface area contributed by atoms with E-state index < -0.39 is 18.2 Å². The second-order valence-electron chi connectivity index (χ2n) is 14.4. The Morgan fingerprint density at radius 1 is 0.862 bits per heavy atom. The van der Waals surface area contributed by atoms with E-state index in [1.54, 1.807) is 60.1 Å². The van der Waals surface area contributed by atoms with E-state index in [9.17, 15) is 37.1 Å². The Balaban J connectivity index is 0.00000105. The summed E-state index contributed by atoms with van der Waals surface area (Å²) in [6.07, 6.45) is -2.84. The van der Waals surface area contributed by atoms with Crippen molar-refractivity contribution in [1.82, 2.24) is 20.5 Å². The maximum absolute atomic E-state index is 13.5. The molecule has 1 atom stereocenters. The summed E-state index contributed by atoms with van der Waals surface area (Å²) in [6, 6.07) is 18.2. The lowest BCUT2D eigenvalue weighted by Crippen LogP contribution is -2.43. The number of benzene rings is 3. The van der Waals surface area contributed by atoms with Crippen LogP contribution in [0, 0.1) is 0 Å². The molecule has 3 aromatic carbocycles. The molecule has 2 heterocycles. The summed E-state index contributed by atoms with van der Waals surface area (Å²) in [4.78, 5) is 77.6. The van der Waals surface area contributed by atoms with Gasteiger partial charge in [0.25, 0.3) is 23.6 Å². The third kappa shape index (κ3) is 16.6. The van der Waals surface area contributed by atoms with E-state index >= 15 is 0 Å². The van der Waals surface area contributed by atoms with Crippen molar-refractivity contribution in [2.45, 2.75) is 44.1 Å². The maximum atomic E-state index is 13.5. The lowest BCUT2D eigenvalue weighted by molar-refractivity contribution is -0.192. The average molecular weight is 928 g/mol. The van der Waals surface area contributed by atoms with Gasteiger partial charge in [-0.25, -0.2) is 9.78 Å². The van der Waals surface area contributed by atoms with Gasteiger partial charge in [0, 0.05) is 59.9 Å². The fourth-order valence-electron chi connectivity index (χ4n) is 5.91. The van der Waals surface area contributed by atoms with Crippen molar-refractivity contribution in [2.24, 2.45) is 5.73 Å². The fraction of sp³-hybridized carbons (Fsp3) is 0.372. The number of rotatable bonds is 22. The van der Waals surface area contributed by atoms with Gasteiger partial charge in [0.15, 0.2) is 6.61 Å². The number of amides is 5. The number of carboxylic acid groups (broad SMARTS) is 1. The third-order valence-electron chi connectivity index (χ3n) is 9.40. The number of carboxylic acids is 1. The van der Waals surface area contributed by atoms with Gasteiger partial charge in [-0.2, -0.15) is 13.2 Å². The molecule has 1 unspecified atom stereocenters. The molecule has 1 aliphatic heterocycles. The van der Waals surface area contributed by atoms with Crippen molar-refractivity contribution in [2.75, 3.05) is 70.0 Å². The number of carbonyl (C=O) groups is 6. The van der Waals surface area contributed by atoms with Gasteiger partial charge >= 0.3 is 12.1 Å². The molecule has 4 aromatic rings. The molecule has 22 heteroatoms. The number of hydrogen-bond acceptors (Lipinski definition) is 13. The van der Waals surface area contributed by atoms with Gasteiger partial charge in [0.2, 0.25) is 5.91 Å². The largest absolute Gasteiger partial charge is 0.490 e. The minimum absolute atomic E-state index is 0.0891. The van der Waals surface area contributed by atoms with Gasteiger partial charge < -0.3 is 56.0 Å². The summed E-state index contributed by atoms with van der Waals surface area (Å²) < 4.78 is 53.7. The molecule has 0 radical (unpaired) electrons. The number of carbonyl (C=O) groups excluding carboxylic acids is 5. The highest BCUT2D eigenvalue weighted by Gasteiger charge is 2.38. The van der Waals surface area contributed by atoms with Crippen LogP contribution in [0.3, 0.4) is 0 Å². The molecule has 65 heavy (non-hydrogen) atoms. The van der Waals surface area contributed by atoms with E-state index in [-0.39, 0.29) is 42.2 Å². The van der Waals surface area contributed by atoms with Crippen molar-refractivity contribution < 1.29 is 66.0 Å². The lowest BCUT2D eigenvalue weighted by atomic mass is 10.1. The Labute approximate surface area is 374 Å². The van der Waals surface area contributed by atoms with Crippen LogP contribution in [0.5, 0.6) is 5.75 Å². The highest BCUT2D eigenvalue weighted by molar-refractivity contribution is 7.07. The molecule has 5 amide bonds. The summed E-state index contributed by atoms with van der Waals surface area (Å²) in [5.74, 6) is -3.46. The van der Waals surface area contributed by atoms with Crippen molar-refractivity contribution in [3.05, 3.63) is 106 Å². The molecule has 1 saturated carbocycles. The first kappa shape index (κ1) is 49.6. The van der Waals surface area contributed by atoms with Crippen LogP contribution in [-0.4, -0.2) is 128 Å². The number of anilines is 2. The second-order valence-corrected chi connectivity index (χ2v) is 15.1. The third-order valence-corrected chi connectivity index (χ3v) is 10.0. The topological polar surface area (TPSA) is 250 Å². The van der Waals surface area contributed by atoms with Crippen LogP contribution in [-0.2, 0) is 41.6 Å². The Morgan fingerprint density at radius 3 is 2.05 bits per heavy atom. The minimum Gasteiger partial charge on any atom is -0.482 e. The SMILES string of the molecule is NC(Cc1cscn1)C(=O)NCCOCCOCCOCCNC(=O)c1ccc(NC(=O)c2ccc(CN(C(=O)c3ccc4c(c3)OCC(=O)N4)C3CC3)cc2)cc1.O=C(O)C(F)(F)F. The number of thiazole rings is 1. The number of aliphatic carboxylic acids is 1. The number of ether oxygens (including phenoxy) is 4. The predicted molar refractivity (Wildman–Crippen MR) is 230 cm³/mol. The highest BCUT2D eigenvalue weighted by Crippen LogP contribution is 2.33. The molecule has 0 spiro atoms. The zero-order valence-corrected chi connectivity index (χ0v) is 35.7. The number of nitrogens with one attached hydrogen (secondary N) is 4. The van der Waals surface area contributed by atoms with Crippen LogP contribution in [0.1, 0.15) is 55.2 Å². The number of nitrogens with zero attached hydrogens (tertiary/aromatic N) is 2. The van der Waals surface area contributed by atoms with Crippen molar-refractivity contribution >= 4 is 58.2 Å². The molecule has 1 fully saturated rings. The molecule has 6 rings (SSSR count). The predicted octanol–water partition coefficient (Wildman–Crippen LogP) is 3.63. The Hall–Kier alpha value is -6.46. The van der Waals surface area contributed by atoms with Gasteiger partial charge in [0.1, 0.15) is 5.75 Å². The van der Waals surface area contributed by atoms with E-state index in [1.165, 1.54) is 11.3 Å². The van der Waals surface area contributed by atoms with Gasteiger partial charge in [0.05, 0.1) is 62.6 Å². The standard InChI is InChI=1S/C41H47N7O9S.C2HF3O2/c42-34(22-32-25-58-26-45-32)40(52)44-14-16-55-18-20-56-19-17-54-15-13-43-38(50)28-5-8-31(9-6-28)46-39(51)29-3-1-27(2-4-29)23-48(33-10-11-33)41(53)30-7-12-35-36(21-30)57-24-37(49)47-35;3-2(4,5)1(6)7/h1-9,12,21,25-26,33-34H,10-11,13-20,22-24,42H2,(H,43,50)(H,44,52)(H,46,51)(H,47,49);(H,6,7). The molecular weight excluding hydrogens is 880 g/mol.